The molecule has 0 fully saturated rings. The summed E-state index contributed by atoms with van der Waals surface area (Å²) in [5.74, 6) is 0. The van der Waals surface area contributed by atoms with Crippen LogP contribution >= 0.6 is 23.6 Å². The van der Waals surface area contributed by atoms with E-state index >= 15 is 0 Å². The molecule has 0 bridgehead atoms. The van der Waals surface area contributed by atoms with Crippen LogP contribution in [0.4, 0.5) is 0 Å². The lowest BCUT2D eigenvalue weighted by molar-refractivity contribution is 0.898. The molecule has 0 spiro atoms. The molecule has 0 N–H and O–H groups in total. The molecule has 1 aromatic rings. The van der Waals surface area contributed by atoms with Crippen molar-refractivity contribution in [3.8, 4) is 0 Å². The van der Waals surface area contributed by atoms with Gasteiger partial charge in [-0.1, -0.05) is 18.2 Å². The average molecular weight is 250 g/mol. The zero-order valence-corrected chi connectivity index (χ0v) is 11.1. The number of allylic oxidation sites excluding steroid dienone is 3. The summed E-state index contributed by atoms with van der Waals surface area (Å²) in [6.07, 6.45) is 9.34. The van der Waals surface area contributed by atoms with Gasteiger partial charge in [-0.3, -0.25) is 4.99 Å². The first kappa shape index (κ1) is 11.5. The maximum atomic E-state index is 5.29. The molecule has 1 aromatic heterocycles. The molecular weight excluding hydrogens is 236 g/mol. The third kappa shape index (κ3) is 2.23. The van der Waals surface area contributed by atoms with Crippen molar-refractivity contribution >= 4 is 35.3 Å². The number of nitrogens with zero attached hydrogens (tertiary/aromatic N) is 2. The van der Waals surface area contributed by atoms with Gasteiger partial charge in [0, 0.05) is 23.7 Å². The maximum absolute atomic E-state index is 5.29. The monoisotopic (exact) mass is 250 g/mol. The molecule has 2 heterocycles. The van der Waals surface area contributed by atoms with Crippen LogP contribution in [0.2, 0.25) is 0 Å². The van der Waals surface area contributed by atoms with Crippen LogP contribution in [0.1, 0.15) is 17.0 Å². The van der Waals surface area contributed by atoms with E-state index in [1.54, 1.807) is 11.3 Å². The molecule has 0 atom stereocenters. The van der Waals surface area contributed by atoms with Gasteiger partial charge < -0.3 is 4.57 Å². The van der Waals surface area contributed by atoms with Gasteiger partial charge in [0.25, 0.3) is 0 Å². The van der Waals surface area contributed by atoms with Crippen LogP contribution in [0, 0.1) is 10.9 Å². The van der Waals surface area contributed by atoms with Crippen LogP contribution in [0.25, 0.3) is 5.57 Å². The van der Waals surface area contributed by atoms with Crippen LogP contribution in [0.15, 0.2) is 23.2 Å². The number of aromatic nitrogens is 1. The molecule has 0 unspecified atom stereocenters. The van der Waals surface area contributed by atoms with Crippen molar-refractivity contribution in [3.05, 3.63) is 32.8 Å². The van der Waals surface area contributed by atoms with Gasteiger partial charge >= 0.3 is 0 Å². The predicted molar refractivity (Wildman–Crippen MR) is 74.0 cm³/mol. The van der Waals surface area contributed by atoms with Crippen molar-refractivity contribution in [3.63, 3.8) is 0 Å². The van der Waals surface area contributed by atoms with Crippen LogP contribution in [-0.2, 0) is 7.05 Å². The SMILES string of the molecule is Cc1sc(=S)n(C)c1/C1=C/CC=CCN=C1. The summed E-state index contributed by atoms with van der Waals surface area (Å²) in [4.78, 5) is 5.62. The number of aliphatic imine (C=N–C) groups is 1. The van der Waals surface area contributed by atoms with E-state index in [2.05, 4.69) is 34.7 Å². The van der Waals surface area contributed by atoms with Gasteiger partial charge in [-0.05, 0) is 25.6 Å². The highest BCUT2D eigenvalue weighted by atomic mass is 32.1. The lowest BCUT2D eigenvalue weighted by atomic mass is 10.1. The summed E-state index contributed by atoms with van der Waals surface area (Å²) in [6.45, 7) is 2.88. The molecule has 0 aliphatic carbocycles. The third-order valence-electron chi connectivity index (χ3n) is 2.54. The first-order chi connectivity index (χ1) is 7.70. The zero-order chi connectivity index (χ0) is 11.5. The second-order valence-electron chi connectivity index (χ2n) is 3.69. The largest absolute Gasteiger partial charge is 0.326 e. The standard InChI is InChI=1S/C12H14N2S2/c1-9-11(14(2)12(15)16-9)10-6-4-3-5-7-13-8-10/h3,5-6,8H,4,7H2,1-2H3/b5-3?,10-6+,13-8?. The van der Waals surface area contributed by atoms with Crippen molar-refractivity contribution in [2.24, 2.45) is 12.0 Å². The Hall–Kier alpha value is -1.00. The molecule has 2 rings (SSSR count). The number of hydrogen-bond acceptors (Lipinski definition) is 3. The molecule has 0 aromatic carbocycles. The Bertz CT molecular complexity index is 530. The lowest BCUT2D eigenvalue weighted by Crippen LogP contribution is -1.99. The van der Waals surface area contributed by atoms with Gasteiger partial charge in [0.15, 0.2) is 3.95 Å². The van der Waals surface area contributed by atoms with Gasteiger partial charge in [-0.2, -0.15) is 0 Å². The van der Waals surface area contributed by atoms with Gasteiger partial charge in [0.1, 0.15) is 0 Å². The molecule has 0 saturated heterocycles. The van der Waals surface area contributed by atoms with E-state index in [0.717, 1.165) is 16.9 Å². The highest BCUT2D eigenvalue weighted by molar-refractivity contribution is 7.73. The van der Waals surface area contributed by atoms with Crippen molar-refractivity contribution < 1.29 is 0 Å². The second kappa shape index (κ2) is 4.89. The molecule has 0 amide bonds. The van der Waals surface area contributed by atoms with Crippen LogP contribution in [-0.4, -0.2) is 17.3 Å². The highest BCUT2D eigenvalue weighted by Crippen LogP contribution is 2.24. The van der Waals surface area contributed by atoms with E-state index in [0.29, 0.717) is 0 Å². The minimum absolute atomic E-state index is 0.769. The maximum Gasteiger partial charge on any atom is 0.161 e. The molecule has 4 heteroatoms. The molecule has 0 saturated carbocycles. The molecule has 84 valence electrons. The highest BCUT2D eigenvalue weighted by Gasteiger charge is 2.10. The fourth-order valence-corrected chi connectivity index (χ4v) is 3.07. The molecule has 16 heavy (non-hydrogen) atoms. The third-order valence-corrected chi connectivity index (χ3v) is 4.01. The van der Waals surface area contributed by atoms with Crippen LogP contribution < -0.4 is 0 Å². The molecule has 1 aliphatic rings. The van der Waals surface area contributed by atoms with Crippen molar-refractivity contribution in [2.45, 2.75) is 13.3 Å². The van der Waals surface area contributed by atoms with E-state index in [-0.39, 0.29) is 0 Å². The van der Waals surface area contributed by atoms with Gasteiger partial charge in [-0.25, -0.2) is 0 Å². The first-order valence-corrected chi connectivity index (χ1v) is 6.44. The molecule has 2 nitrogen and oxygen atoms in total. The number of hydrogen-bond donors (Lipinski definition) is 0. The van der Waals surface area contributed by atoms with Gasteiger partial charge in [0.05, 0.1) is 12.2 Å². The van der Waals surface area contributed by atoms with Gasteiger partial charge in [0.2, 0.25) is 0 Å². The summed E-state index contributed by atoms with van der Waals surface area (Å²) in [7, 11) is 2.02. The van der Waals surface area contributed by atoms with Crippen molar-refractivity contribution in [1.82, 2.24) is 4.57 Å². The Morgan fingerprint density at radius 1 is 1.44 bits per heavy atom. The first-order valence-electron chi connectivity index (χ1n) is 5.22. The number of rotatable bonds is 1. The second-order valence-corrected chi connectivity index (χ2v) is 5.54. The quantitative estimate of drug-likeness (QED) is 0.550. The zero-order valence-electron chi connectivity index (χ0n) is 9.43. The Kier molecular flexibility index (Phi) is 3.51. The Labute approximate surface area is 105 Å². The lowest BCUT2D eigenvalue weighted by Gasteiger charge is -2.06. The molecular formula is C12H14N2S2. The Morgan fingerprint density at radius 3 is 2.94 bits per heavy atom. The summed E-state index contributed by atoms with van der Waals surface area (Å²) in [6, 6.07) is 0. The number of thiazole rings is 1. The average Bonchev–Trinajstić information content (AvgIpc) is 2.43. The summed E-state index contributed by atoms with van der Waals surface area (Å²) in [5.41, 5.74) is 2.38. The van der Waals surface area contributed by atoms with Crippen LogP contribution in [0.3, 0.4) is 0 Å². The predicted octanol–water partition coefficient (Wildman–Crippen LogP) is 3.54. The fourth-order valence-electron chi connectivity index (χ4n) is 1.76. The minimum atomic E-state index is 0.769. The Balaban J connectivity index is 2.50. The molecule has 1 aliphatic heterocycles. The van der Waals surface area contributed by atoms with E-state index < -0.39 is 0 Å². The number of aryl methyl sites for hydroxylation is 1. The Morgan fingerprint density at radius 2 is 2.25 bits per heavy atom. The van der Waals surface area contributed by atoms with Crippen molar-refractivity contribution in [2.75, 3.05) is 6.54 Å². The van der Waals surface area contributed by atoms with E-state index in [9.17, 15) is 0 Å². The van der Waals surface area contributed by atoms with Crippen molar-refractivity contribution in [1.29, 1.82) is 0 Å². The smallest absolute Gasteiger partial charge is 0.161 e. The fraction of sp³-hybridized carbons (Fsp3) is 0.333. The van der Waals surface area contributed by atoms with E-state index in [1.165, 1.54) is 16.1 Å². The summed E-state index contributed by atoms with van der Waals surface area (Å²) < 4.78 is 2.98. The van der Waals surface area contributed by atoms with Crippen LogP contribution in [0.5, 0.6) is 0 Å². The minimum Gasteiger partial charge on any atom is -0.326 e. The molecule has 0 radical (unpaired) electrons. The van der Waals surface area contributed by atoms with E-state index in [4.69, 9.17) is 12.2 Å². The van der Waals surface area contributed by atoms with E-state index in [1.807, 2.05) is 13.3 Å². The summed E-state index contributed by atoms with van der Waals surface area (Å²) >= 11 is 6.95. The topological polar surface area (TPSA) is 17.3 Å². The van der Waals surface area contributed by atoms with Gasteiger partial charge in [-0.15, -0.1) is 11.3 Å². The normalized spacial score (nSPS) is 19.0. The summed E-state index contributed by atoms with van der Waals surface area (Å²) in [5, 5.41) is 0.